The summed E-state index contributed by atoms with van der Waals surface area (Å²) in [4.78, 5) is 4.83. The van der Waals surface area contributed by atoms with E-state index in [0.717, 1.165) is 63.6 Å². The van der Waals surface area contributed by atoms with Crippen molar-refractivity contribution < 1.29 is 0 Å². The van der Waals surface area contributed by atoms with Gasteiger partial charge in [-0.3, -0.25) is 0 Å². The minimum atomic E-state index is 0. The average Bonchev–Trinajstić information content (AvgIpc) is 2.72. The Morgan fingerprint density at radius 1 is 0.567 bits per heavy atom. The van der Waals surface area contributed by atoms with Crippen molar-refractivity contribution in [3.05, 3.63) is 60.7 Å². The molecule has 0 heterocycles. The molecule has 172 valence electrons. The molecule has 0 amide bonds. The summed E-state index contributed by atoms with van der Waals surface area (Å²) in [7, 11) is 0. The van der Waals surface area contributed by atoms with Crippen molar-refractivity contribution in [1.82, 2.24) is 5.32 Å². The molecular weight excluding hydrogens is 477 g/mol. The Morgan fingerprint density at radius 3 is 1.27 bits per heavy atom. The lowest BCUT2D eigenvalue weighted by Gasteiger charge is -2.25. The van der Waals surface area contributed by atoms with Gasteiger partial charge in [-0.1, -0.05) is 36.4 Å². The molecule has 1 N–H and O–H groups in total. The first-order valence-corrected chi connectivity index (χ1v) is 11.1. The van der Waals surface area contributed by atoms with Crippen molar-refractivity contribution in [1.29, 1.82) is 0 Å². The van der Waals surface area contributed by atoms with Gasteiger partial charge in [0.25, 0.3) is 0 Å². The minimum Gasteiger partial charge on any atom is -0.371 e. The maximum atomic E-state index is 4.40. The van der Waals surface area contributed by atoms with Crippen LogP contribution in [-0.4, -0.2) is 50.8 Å². The molecule has 3 nitrogen and oxygen atoms in total. The highest BCUT2D eigenvalue weighted by Gasteiger charge is 2.06. The largest absolute Gasteiger partial charge is 0.371 e. The van der Waals surface area contributed by atoms with Crippen LogP contribution >= 0.6 is 62.5 Å². The van der Waals surface area contributed by atoms with Gasteiger partial charge in [0.2, 0.25) is 0 Å². The maximum Gasteiger partial charge on any atom is 0.0366 e. The van der Waals surface area contributed by atoms with Crippen LogP contribution in [0.3, 0.4) is 0 Å². The van der Waals surface area contributed by atoms with E-state index in [4.69, 9.17) is 0 Å². The highest BCUT2D eigenvalue weighted by atomic mass is 35.5. The Kier molecular flexibility index (Phi) is 21.7. The van der Waals surface area contributed by atoms with Crippen LogP contribution in [0.25, 0.3) is 0 Å². The monoisotopic (exact) mass is 511 g/mol. The summed E-state index contributed by atoms with van der Waals surface area (Å²) < 4.78 is 0. The van der Waals surface area contributed by atoms with Crippen LogP contribution in [0.1, 0.15) is 12.8 Å². The summed E-state index contributed by atoms with van der Waals surface area (Å²) >= 11 is 8.80. The summed E-state index contributed by atoms with van der Waals surface area (Å²) in [6, 6.07) is 21.2. The number of rotatable bonds is 14. The smallest absolute Gasteiger partial charge is 0.0366 e. The quantitative estimate of drug-likeness (QED) is 0.230. The van der Waals surface area contributed by atoms with Crippen molar-refractivity contribution >= 4 is 73.9 Å². The Balaban J connectivity index is 0. The van der Waals surface area contributed by atoms with Gasteiger partial charge in [-0.25, -0.2) is 0 Å². The second-order valence-corrected chi connectivity index (χ2v) is 7.44. The topological polar surface area (TPSA) is 18.5 Å². The van der Waals surface area contributed by atoms with E-state index in [1.54, 1.807) is 0 Å². The molecule has 0 atom stereocenters. The third kappa shape index (κ3) is 12.4. The van der Waals surface area contributed by atoms with Crippen LogP contribution in [-0.2, 0) is 0 Å². The summed E-state index contributed by atoms with van der Waals surface area (Å²) in [5, 5.41) is 3.59. The van der Waals surface area contributed by atoms with E-state index in [2.05, 4.69) is 101 Å². The molecule has 2 rings (SSSR count). The van der Waals surface area contributed by atoms with Crippen LogP contribution in [0.5, 0.6) is 0 Å². The zero-order chi connectivity index (χ0) is 19.2. The van der Waals surface area contributed by atoms with E-state index in [1.165, 1.54) is 11.4 Å². The van der Waals surface area contributed by atoms with Gasteiger partial charge in [0.05, 0.1) is 0 Å². The van der Waals surface area contributed by atoms with Crippen LogP contribution in [0.2, 0.25) is 0 Å². The molecule has 0 spiro atoms. The summed E-state index contributed by atoms with van der Waals surface area (Å²) in [5.41, 5.74) is 2.58. The maximum absolute atomic E-state index is 4.40. The van der Waals surface area contributed by atoms with Crippen molar-refractivity contribution in [2.24, 2.45) is 0 Å². The molecule has 0 bridgehead atoms. The first-order chi connectivity index (χ1) is 13.3. The van der Waals surface area contributed by atoms with Crippen molar-refractivity contribution in [2.45, 2.75) is 12.8 Å². The summed E-state index contributed by atoms with van der Waals surface area (Å²) in [5.74, 6) is 1.76. The average molecular weight is 513 g/mol. The molecular formula is C22H36Cl3N3S2. The molecule has 0 aliphatic carbocycles. The van der Waals surface area contributed by atoms with Crippen molar-refractivity contribution in [2.75, 3.05) is 60.6 Å². The Labute approximate surface area is 212 Å². The SMILES string of the molecule is Cl.Cl.Cl.SCCN(CCCNCCCN(CCS)c1ccccc1)c1ccccc1. The Hall–Kier alpha value is -0.430. The van der Waals surface area contributed by atoms with Gasteiger partial charge >= 0.3 is 0 Å². The highest BCUT2D eigenvalue weighted by molar-refractivity contribution is 7.80. The molecule has 0 unspecified atom stereocenters. The van der Waals surface area contributed by atoms with Crippen LogP contribution in [0, 0.1) is 0 Å². The normalized spacial score (nSPS) is 9.67. The van der Waals surface area contributed by atoms with Crippen LogP contribution in [0.15, 0.2) is 60.7 Å². The second-order valence-electron chi connectivity index (χ2n) is 6.55. The first-order valence-electron chi connectivity index (χ1n) is 9.87. The van der Waals surface area contributed by atoms with Gasteiger partial charge in [-0.15, -0.1) is 37.2 Å². The number of hydrogen-bond acceptors (Lipinski definition) is 5. The zero-order valence-electron chi connectivity index (χ0n) is 17.4. The lowest BCUT2D eigenvalue weighted by atomic mass is 10.2. The summed E-state index contributed by atoms with van der Waals surface area (Å²) in [6.07, 6.45) is 2.28. The molecule has 0 fully saturated rings. The third-order valence-corrected chi connectivity index (χ3v) is 4.95. The first kappa shape index (κ1) is 31.8. The number of halogens is 3. The van der Waals surface area contributed by atoms with Gasteiger partial charge in [-0.2, -0.15) is 25.3 Å². The fraction of sp³-hybridized carbons (Fsp3) is 0.455. The lowest BCUT2D eigenvalue weighted by molar-refractivity contribution is 0.609. The van der Waals surface area contributed by atoms with Gasteiger partial charge in [0, 0.05) is 49.1 Å². The van der Waals surface area contributed by atoms with Crippen LogP contribution < -0.4 is 15.1 Å². The zero-order valence-corrected chi connectivity index (χ0v) is 21.6. The molecule has 0 aromatic heterocycles. The van der Waals surface area contributed by atoms with Gasteiger partial charge < -0.3 is 15.1 Å². The third-order valence-electron chi connectivity index (χ3n) is 4.55. The van der Waals surface area contributed by atoms with E-state index in [1.807, 2.05) is 0 Å². The van der Waals surface area contributed by atoms with E-state index >= 15 is 0 Å². The van der Waals surface area contributed by atoms with Crippen molar-refractivity contribution in [3.8, 4) is 0 Å². The van der Waals surface area contributed by atoms with E-state index in [-0.39, 0.29) is 37.2 Å². The standard InChI is InChI=1S/C22H33N3S2.3ClH/c26-19-17-24(21-9-3-1-4-10-21)15-7-13-23-14-8-16-25(18-20-27)22-11-5-2-6-12-22;;;/h1-6,9-12,23,26-27H,7-8,13-20H2;3*1H. The fourth-order valence-electron chi connectivity index (χ4n) is 3.17. The lowest BCUT2D eigenvalue weighted by Crippen LogP contribution is -2.31. The number of benzene rings is 2. The van der Waals surface area contributed by atoms with Gasteiger partial charge in [0.15, 0.2) is 0 Å². The van der Waals surface area contributed by atoms with Gasteiger partial charge in [0.1, 0.15) is 0 Å². The molecule has 2 aromatic carbocycles. The minimum absolute atomic E-state index is 0. The molecule has 2 aromatic rings. The van der Waals surface area contributed by atoms with Gasteiger partial charge in [-0.05, 0) is 50.2 Å². The van der Waals surface area contributed by atoms with E-state index in [9.17, 15) is 0 Å². The predicted octanol–water partition coefficient (Wildman–Crippen LogP) is 5.49. The molecule has 0 aliphatic heterocycles. The number of nitrogens with zero attached hydrogens (tertiary/aromatic N) is 2. The number of thiol groups is 2. The predicted molar refractivity (Wildman–Crippen MR) is 149 cm³/mol. The van der Waals surface area contributed by atoms with Crippen LogP contribution in [0.4, 0.5) is 11.4 Å². The number of hydrogen-bond donors (Lipinski definition) is 3. The highest BCUT2D eigenvalue weighted by Crippen LogP contribution is 2.14. The fourth-order valence-corrected chi connectivity index (χ4v) is 3.66. The van der Waals surface area contributed by atoms with E-state index in [0.29, 0.717) is 0 Å². The number of nitrogens with one attached hydrogen (secondary N) is 1. The van der Waals surface area contributed by atoms with E-state index < -0.39 is 0 Å². The Bertz CT molecular complexity index is 556. The molecule has 30 heavy (non-hydrogen) atoms. The Morgan fingerprint density at radius 2 is 0.933 bits per heavy atom. The number of para-hydroxylation sites is 2. The second kappa shape index (κ2) is 20.5. The molecule has 0 saturated heterocycles. The molecule has 8 heteroatoms. The summed E-state index contributed by atoms with van der Waals surface area (Å²) in [6.45, 7) is 6.20. The molecule has 0 radical (unpaired) electrons. The van der Waals surface area contributed by atoms with Crippen molar-refractivity contribution in [3.63, 3.8) is 0 Å². The molecule has 0 aliphatic rings. The molecule has 0 saturated carbocycles. The number of anilines is 2.